The van der Waals surface area contributed by atoms with Crippen LogP contribution in [-0.4, -0.2) is 33.9 Å². The van der Waals surface area contributed by atoms with Crippen LogP contribution >= 0.6 is 0 Å². The molecule has 0 aromatic carbocycles. The molecule has 0 bridgehead atoms. The first-order valence-electron chi connectivity index (χ1n) is 8.98. The highest BCUT2D eigenvalue weighted by Crippen LogP contribution is 2.34. The number of nitrogens with one attached hydrogen (secondary N) is 1. The van der Waals surface area contributed by atoms with Crippen LogP contribution in [0.1, 0.15) is 82.2 Å². The van der Waals surface area contributed by atoms with E-state index < -0.39 is 0 Å². The van der Waals surface area contributed by atoms with E-state index in [0.29, 0.717) is 11.5 Å². The van der Waals surface area contributed by atoms with Crippen LogP contribution in [0.15, 0.2) is 4.79 Å². The van der Waals surface area contributed by atoms with Crippen LogP contribution < -0.4 is 5.56 Å². The van der Waals surface area contributed by atoms with Crippen LogP contribution in [0.25, 0.3) is 0 Å². The van der Waals surface area contributed by atoms with E-state index in [4.69, 9.17) is 0 Å². The van der Waals surface area contributed by atoms with E-state index in [1.165, 1.54) is 0 Å². The minimum atomic E-state index is -0.319. The van der Waals surface area contributed by atoms with Gasteiger partial charge in [0.1, 0.15) is 11.4 Å². The van der Waals surface area contributed by atoms with Gasteiger partial charge in [-0.2, -0.15) is 0 Å². The first-order chi connectivity index (χ1) is 11.1. The Kier molecular flexibility index (Phi) is 5.21. The van der Waals surface area contributed by atoms with Gasteiger partial charge in [-0.3, -0.25) is 9.59 Å². The normalized spacial score (nSPS) is 21.8. The molecule has 24 heavy (non-hydrogen) atoms. The highest BCUT2D eigenvalue weighted by Gasteiger charge is 2.34. The van der Waals surface area contributed by atoms with Gasteiger partial charge in [-0.05, 0) is 31.6 Å². The van der Waals surface area contributed by atoms with Gasteiger partial charge >= 0.3 is 0 Å². The molecule has 1 aliphatic heterocycles. The van der Waals surface area contributed by atoms with E-state index in [2.05, 4.69) is 23.8 Å². The van der Waals surface area contributed by atoms with Gasteiger partial charge in [0, 0.05) is 18.5 Å². The summed E-state index contributed by atoms with van der Waals surface area (Å²) in [5.74, 6) is 0.444. The van der Waals surface area contributed by atoms with Crippen molar-refractivity contribution in [2.24, 2.45) is 5.41 Å². The lowest BCUT2D eigenvalue weighted by molar-refractivity contribution is 0.0527. The number of rotatable bonds is 3. The molecule has 1 saturated heterocycles. The van der Waals surface area contributed by atoms with E-state index in [1.54, 1.807) is 6.92 Å². The number of aryl methyl sites for hydroxylation is 1. The molecule has 2 heterocycles. The van der Waals surface area contributed by atoms with Crippen molar-refractivity contribution in [2.75, 3.05) is 13.1 Å². The summed E-state index contributed by atoms with van der Waals surface area (Å²) in [4.78, 5) is 34.6. The second-order valence-electron chi connectivity index (χ2n) is 8.52. The fourth-order valence-electron chi connectivity index (χ4n) is 3.65. The second-order valence-corrected chi connectivity index (χ2v) is 8.52. The molecule has 1 aromatic heterocycles. The number of amides is 1. The number of carbonyl (C=O) groups is 1. The zero-order valence-electron chi connectivity index (χ0n) is 16.0. The van der Waals surface area contributed by atoms with Crippen molar-refractivity contribution >= 4 is 5.91 Å². The molecule has 0 radical (unpaired) electrons. The Morgan fingerprint density at radius 1 is 1.38 bits per heavy atom. The van der Waals surface area contributed by atoms with Gasteiger partial charge in [-0.25, -0.2) is 4.98 Å². The van der Waals surface area contributed by atoms with E-state index in [0.717, 1.165) is 38.8 Å². The molecular formula is C19H31N3O2. The van der Waals surface area contributed by atoms with Crippen molar-refractivity contribution in [1.82, 2.24) is 14.9 Å². The summed E-state index contributed by atoms with van der Waals surface area (Å²) in [6, 6.07) is 0. The minimum Gasteiger partial charge on any atom is -0.338 e. The lowest BCUT2D eigenvalue weighted by Gasteiger charge is -2.40. The smallest absolute Gasteiger partial charge is 0.264 e. The lowest BCUT2D eigenvalue weighted by atomic mass is 9.78. The van der Waals surface area contributed by atoms with Crippen LogP contribution in [0.4, 0.5) is 0 Å². The number of nitrogens with zero attached hydrogens (tertiary/aromatic N) is 2. The van der Waals surface area contributed by atoms with Gasteiger partial charge in [0.05, 0.1) is 5.69 Å². The molecule has 1 aromatic rings. The first kappa shape index (κ1) is 18.7. The average Bonchev–Trinajstić information content (AvgIpc) is 2.45. The fourth-order valence-corrected chi connectivity index (χ4v) is 3.65. The van der Waals surface area contributed by atoms with E-state index in [-0.39, 0.29) is 27.9 Å². The molecule has 0 spiro atoms. The summed E-state index contributed by atoms with van der Waals surface area (Å²) in [5.41, 5.74) is 0.304. The molecule has 1 fully saturated rings. The standard InChI is InChI=1S/C19H31N3O2/c1-7-9-19(6)10-8-11-22(12-19)16(24)14-13(2)20-17(18(3,4)5)21-15(14)23/h7-12H2,1-6H3,(H,20,21,23)/t19-/m1/s1. The van der Waals surface area contributed by atoms with Gasteiger partial charge in [0.2, 0.25) is 0 Å². The van der Waals surface area contributed by atoms with E-state index >= 15 is 0 Å². The number of H-pyrrole nitrogens is 1. The fraction of sp³-hybridized carbons (Fsp3) is 0.737. The zero-order valence-corrected chi connectivity index (χ0v) is 16.0. The maximum Gasteiger partial charge on any atom is 0.264 e. The van der Waals surface area contributed by atoms with Gasteiger partial charge in [0.15, 0.2) is 0 Å². The second kappa shape index (κ2) is 6.69. The largest absolute Gasteiger partial charge is 0.338 e. The Morgan fingerprint density at radius 3 is 2.58 bits per heavy atom. The Hall–Kier alpha value is -1.65. The van der Waals surface area contributed by atoms with Gasteiger partial charge < -0.3 is 9.88 Å². The number of carbonyl (C=O) groups excluding carboxylic acids is 1. The van der Waals surface area contributed by atoms with Crippen molar-refractivity contribution in [2.45, 2.75) is 72.6 Å². The van der Waals surface area contributed by atoms with Crippen molar-refractivity contribution < 1.29 is 4.79 Å². The Balaban J connectivity index is 2.32. The number of likely N-dealkylation sites (tertiary alicyclic amines) is 1. The molecule has 2 rings (SSSR count). The maximum absolute atomic E-state index is 13.0. The van der Waals surface area contributed by atoms with Crippen LogP contribution in [0.3, 0.4) is 0 Å². The van der Waals surface area contributed by atoms with Crippen LogP contribution in [0.5, 0.6) is 0 Å². The third kappa shape index (κ3) is 3.87. The Labute approximate surface area is 144 Å². The predicted octanol–water partition coefficient (Wildman–Crippen LogP) is 3.42. The Bertz CT molecular complexity index is 668. The number of aromatic amines is 1. The van der Waals surface area contributed by atoms with Crippen molar-refractivity contribution in [1.29, 1.82) is 0 Å². The third-order valence-corrected chi connectivity index (χ3v) is 4.95. The summed E-state index contributed by atoms with van der Waals surface area (Å²) >= 11 is 0. The summed E-state index contributed by atoms with van der Waals surface area (Å²) in [5, 5.41) is 0. The molecule has 0 unspecified atom stereocenters. The lowest BCUT2D eigenvalue weighted by Crippen LogP contribution is -2.46. The molecule has 5 heteroatoms. The molecule has 1 atom stereocenters. The Morgan fingerprint density at radius 2 is 2.04 bits per heavy atom. The van der Waals surface area contributed by atoms with Crippen LogP contribution in [0, 0.1) is 12.3 Å². The summed E-state index contributed by atoms with van der Waals surface area (Å²) in [6.45, 7) is 13.6. The van der Waals surface area contributed by atoms with Crippen molar-refractivity contribution in [3.8, 4) is 0 Å². The minimum absolute atomic E-state index is 0.155. The van der Waals surface area contributed by atoms with E-state index in [9.17, 15) is 9.59 Å². The monoisotopic (exact) mass is 333 g/mol. The highest BCUT2D eigenvalue weighted by molar-refractivity contribution is 5.95. The molecule has 1 N–H and O–H groups in total. The van der Waals surface area contributed by atoms with Crippen LogP contribution in [-0.2, 0) is 5.41 Å². The quantitative estimate of drug-likeness (QED) is 0.921. The third-order valence-electron chi connectivity index (χ3n) is 4.95. The molecule has 1 amide bonds. The highest BCUT2D eigenvalue weighted by atomic mass is 16.2. The van der Waals surface area contributed by atoms with E-state index in [1.807, 2.05) is 25.7 Å². The predicted molar refractivity (Wildman–Crippen MR) is 96.4 cm³/mol. The topological polar surface area (TPSA) is 66.1 Å². The van der Waals surface area contributed by atoms with Crippen molar-refractivity contribution in [3.05, 3.63) is 27.4 Å². The summed E-state index contributed by atoms with van der Waals surface area (Å²) < 4.78 is 0. The van der Waals surface area contributed by atoms with Crippen LogP contribution in [0.2, 0.25) is 0 Å². The first-order valence-corrected chi connectivity index (χ1v) is 8.98. The molecular weight excluding hydrogens is 302 g/mol. The number of aromatic nitrogens is 2. The number of hydrogen-bond acceptors (Lipinski definition) is 3. The number of hydrogen-bond donors (Lipinski definition) is 1. The zero-order chi connectivity index (χ0) is 18.1. The molecule has 5 nitrogen and oxygen atoms in total. The molecule has 0 aliphatic carbocycles. The molecule has 0 saturated carbocycles. The van der Waals surface area contributed by atoms with Gasteiger partial charge in [-0.1, -0.05) is 41.0 Å². The van der Waals surface area contributed by atoms with Gasteiger partial charge in [-0.15, -0.1) is 0 Å². The number of piperidine rings is 1. The SMILES string of the molecule is CCC[C@]1(C)CCCN(C(=O)c2c(C)nc(C(C)(C)C)[nH]c2=O)C1. The summed E-state index contributed by atoms with van der Waals surface area (Å²) in [6.07, 6.45) is 4.35. The molecule has 1 aliphatic rings. The summed E-state index contributed by atoms with van der Waals surface area (Å²) in [7, 11) is 0. The van der Waals surface area contributed by atoms with Gasteiger partial charge in [0.25, 0.3) is 11.5 Å². The van der Waals surface area contributed by atoms with Crippen molar-refractivity contribution in [3.63, 3.8) is 0 Å². The molecule has 134 valence electrons. The average molecular weight is 333 g/mol. The maximum atomic E-state index is 13.0.